The van der Waals surface area contributed by atoms with Gasteiger partial charge in [0.1, 0.15) is 21.6 Å². The highest BCUT2D eigenvalue weighted by atomic mass is 35.5. The van der Waals surface area contributed by atoms with Crippen molar-refractivity contribution in [3.63, 3.8) is 0 Å². The molecule has 0 saturated carbocycles. The summed E-state index contributed by atoms with van der Waals surface area (Å²) in [6.45, 7) is 7.58. The summed E-state index contributed by atoms with van der Waals surface area (Å²) < 4.78 is 5.23. The largest absolute Gasteiger partial charge is 0.459 e. The van der Waals surface area contributed by atoms with E-state index >= 15 is 0 Å². The van der Waals surface area contributed by atoms with Gasteiger partial charge in [0.15, 0.2) is 0 Å². The van der Waals surface area contributed by atoms with Crippen LogP contribution in [0.3, 0.4) is 0 Å². The minimum absolute atomic E-state index is 0.218. The zero-order valence-electron chi connectivity index (χ0n) is 11.7. The summed E-state index contributed by atoms with van der Waals surface area (Å²) in [6, 6.07) is 1.66. The molecule has 0 bridgehead atoms. The highest BCUT2D eigenvalue weighted by Crippen LogP contribution is 2.20. The van der Waals surface area contributed by atoms with Crippen LogP contribution in [-0.2, 0) is 16.0 Å². The summed E-state index contributed by atoms with van der Waals surface area (Å²) in [5, 5.41) is 1.11. The lowest BCUT2D eigenvalue weighted by Gasteiger charge is -2.19. The topological polar surface area (TPSA) is 52.1 Å². The van der Waals surface area contributed by atoms with E-state index in [1.54, 1.807) is 6.07 Å². The van der Waals surface area contributed by atoms with Gasteiger partial charge in [-0.3, -0.25) is 4.79 Å². The minimum Gasteiger partial charge on any atom is -0.459 e. The van der Waals surface area contributed by atoms with Gasteiger partial charge in [0.2, 0.25) is 0 Å². The van der Waals surface area contributed by atoms with E-state index in [0.29, 0.717) is 16.0 Å². The Morgan fingerprint density at radius 1 is 1.42 bits per heavy atom. The predicted molar refractivity (Wildman–Crippen MR) is 77.6 cm³/mol. The molecule has 1 rings (SSSR count). The Labute approximate surface area is 123 Å². The van der Waals surface area contributed by atoms with Gasteiger partial charge < -0.3 is 4.74 Å². The van der Waals surface area contributed by atoms with Gasteiger partial charge in [-0.1, -0.05) is 30.3 Å². The quantitative estimate of drug-likeness (QED) is 0.473. The van der Waals surface area contributed by atoms with Crippen LogP contribution in [0.5, 0.6) is 0 Å². The van der Waals surface area contributed by atoms with Gasteiger partial charge in [-0.05, 0) is 27.2 Å². The number of nitrogens with zero attached hydrogens (tertiary/aromatic N) is 2. The van der Waals surface area contributed by atoms with E-state index in [9.17, 15) is 4.79 Å². The van der Waals surface area contributed by atoms with Crippen LogP contribution < -0.4 is 0 Å². The van der Waals surface area contributed by atoms with Crippen molar-refractivity contribution in [3.05, 3.63) is 17.0 Å². The SMILES string of the molecule is CCCc1nc(Cl)cc(SCC(=O)OC(C)(C)C)n1. The molecule has 4 nitrogen and oxygen atoms in total. The summed E-state index contributed by atoms with van der Waals surface area (Å²) in [6.07, 6.45) is 1.73. The highest BCUT2D eigenvalue weighted by molar-refractivity contribution is 7.99. The van der Waals surface area contributed by atoms with Crippen LogP contribution in [0, 0.1) is 0 Å². The summed E-state index contributed by atoms with van der Waals surface area (Å²) in [5.74, 6) is 0.668. The van der Waals surface area contributed by atoms with Crippen molar-refractivity contribution in [1.29, 1.82) is 0 Å². The zero-order chi connectivity index (χ0) is 14.5. The first-order valence-corrected chi connectivity index (χ1v) is 7.54. The van der Waals surface area contributed by atoms with Gasteiger partial charge in [0, 0.05) is 12.5 Å². The molecule has 0 aromatic carbocycles. The third-order valence-corrected chi connectivity index (χ3v) is 3.03. The molecule has 0 fully saturated rings. The Balaban J connectivity index is 2.60. The molecule has 1 heterocycles. The van der Waals surface area contributed by atoms with Crippen molar-refractivity contribution >= 4 is 29.3 Å². The van der Waals surface area contributed by atoms with Crippen LogP contribution in [0.4, 0.5) is 0 Å². The predicted octanol–water partition coefficient (Wildman–Crippen LogP) is 3.52. The fourth-order valence-electron chi connectivity index (χ4n) is 1.36. The first-order valence-electron chi connectivity index (χ1n) is 6.18. The lowest BCUT2D eigenvalue weighted by atomic mass is 10.2. The van der Waals surface area contributed by atoms with Crippen molar-refractivity contribution < 1.29 is 9.53 Å². The van der Waals surface area contributed by atoms with Crippen molar-refractivity contribution in [2.75, 3.05) is 5.75 Å². The number of esters is 1. The van der Waals surface area contributed by atoms with Crippen LogP contribution >= 0.6 is 23.4 Å². The smallest absolute Gasteiger partial charge is 0.316 e. The Morgan fingerprint density at radius 3 is 2.68 bits per heavy atom. The number of hydrogen-bond donors (Lipinski definition) is 0. The molecule has 0 amide bonds. The number of carbonyl (C=O) groups excluding carboxylic acids is 1. The third kappa shape index (κ3) is 6.78. The minimum atomic E-state index is -0.464. The molecule has 0 saturated heterocycles. The van der Waals surface area contributed by atoms with Crippen LogP contribution in [0.15, 0.2) is 11.1 Å². The van der Waals surface area contributed by atoms with Gasteiger partial charge in [-0.2, -0.15) is 0 Å². The van der Waals surface area contributed by atoms with E-state index in [4.69, 9.17) is 16.3 Å². The number of rotatable bonds is 5. The van der Waals surface area contributed by atoms with Crippen molar-refractivity contribution in [3.8, 4) is 0 Å². The van der Waals surface area contributed by atoms with Crippen LogP contribution in [0.25, 0.3) is 0 Å². The first kappa shape index (κ1) is 16.2. The van der Waals surface area contributed by atoms with Crippen molar-refractivity contribution in [1.82, 2.24) is 9.97 Å². The Bertz CT molecular complexity index is 447. The number of aryl methyl sites for hydroxylation is 1. The number of hydrogen-bond acceptors (Lipinski definition) is 5. The van der Waals surface area contributed by atoms with Gasteiger partial charge in [-0.15, -0.1) is 0 Å². The van der Waals surface area contributed by atoms with E-state index in [-0.39, 0.29) is 11.7 Å². The molecule has 0 spiro atoms. The number of carbonyl (C=O) groups is 1. The normalized spacial score (nSPS) is 11.4. The molecule has 0 unspecified atom stereocenters. The van der Waals surface area contributed by atoms with Gasteiger partial charge >= 0.3 is 5.97 Å². The monoisotopic (exact) mass is 302 g/mol. The van der Waals surface area contributed by atoms with Crippen molar-refractivity contribution in [2.24, 2.45) is 0 Å². The molecule has 19 heavy (non-hydrogen) atoms. The van der Waals surface area contributed by atoms with E-state index in [0.717, 1.165) is 12.8 Å². The van der Waals surface area contributed by atoms with Gasteiger partial charge in [0.25, 0.3) is 0 Å². The summed E-state index contributed by atoms with van der Waals surface area (Å²) in [5.41, 5.74) is -0.464. The maximum atomic E-state index is 11.6. The summed E-state index contributed by atoms with van der Waals surface area (Å²) in [4.78, 5) is 20.1. The van der Waals surface area contributed by atoms with Gasteiger partial charge in [-0.25, -0.2) is 9.97 Å². The lowest BCUT2D eigenvalue weighted by Crippen LogP contribution is -2.24. The molecule has 0 aliphatic carbocycles. The number of thioether (sulfide) groups is 1. The second-order valence-corrected chi connectivity index (χ2v) is 6.45. The Morgan fingerprint density at radius 2 is 2.11 bits per heavy atom. The highest BCUT2D eigenvalue weighted by Gasteiger charge is 2.16. The molecule has 0 radical (unpaired) electrons. The molecule has 0 N–H and O–H groups in total. The Kier molecular flexibility index (Phi) is 6.07. The molecule has 0 aliphatic heterocycles. The van der Waals surface area contributed by atoms with Crippen LogP contribution in [0.1, 0.15) is 39.9 Å². The molecule has 0 aliphatic rings. The molecule has 0 atom stereocenters. The van der Waals surface area contributed by atoms with E-state index in [1.165, 1.54) is 11.8 Å². The molecular weight excluding hydrogens is 284 g/mol. The zero-order valence-corrected chi connectivity index (χ0v) is 13.3. The van der Waals surface area contributed by atoms with E-state index in [1.807, 2.05) is 20.8 Å². The van der Waals surface area contributed by atoms with Crippen LogP contribution in [0.2, 0.25) is 5.15 Å². The summed E-state index contributed by atoms with van der Waals surface area (Å²) in [7, 11) is 0. The van der Waals surface area contributed by atoms with E-state index < -0.39 is 5.60 Å². The second-order valence-electron chi connectivity index (χ2n) is 5.07. The van der Waals surface area contributed by atoms with Crippen LogP contribution in [-0.4, -0.2) is 27.3 Å². The molecule has 106 valence electrons. The number of aromatic nitrogens is 2. The first-order chi connectivity index (χ1) is 8.80. The fraction of sp³-hybridized carbons (Fsp3) is 0.615. The number of ether oxygens (including phenoxy) is 1. The average Bonchev–Trinajstić information content (AvgIpc) is 2.24. The maximum Gasteiger partial charge on any atom is 0.316 e. The molecule has 1 aromatic rings. The van der Waals surface area contributed by atoms with Gasteiger partial charge in [0.05, 0.1) is 5.75 Å². The summed E-state index contributed by atoms with van der Waals surface area (Å²) >= 11 is 7.24. The second kappa shape index (κ2) is 7.10. The lowest BCUT2D eigenvalue weighted by molar-refractivity contribution is -0.151. The standard InChI is InChI=1S/C13H19ClN2O2S/c1-5-6-10-15-9(14)7-11(16-10)19-8-12(17)18-13(2,3)4/h7H,5-6,8H2,1-4H3. The van der Waals surface area contributed by atoms with E-state index in [2.05, 4.69) is 16.9 Å². The Hall–Kier alpha value is -0.810. The fourth-order valence-corrected chi connectivity index (χ4v) is 2.31. The number of halogens is 1. The third-order valence-electron chi connectivity index (χ3n) is 1.95. The molecular formula is C13H19ClN2O2S. The maximum absolute atomic E-state index is 11.6. The van der Waals surface area contributed by atoms with Crippen molar-refractivity contribution in [2.45, 2.75) is 51.2 Å². The average molecular weight is 303 g/mol. The molecule has 1 aromatic heterocycles. The molecule has 6 heteroatoms.